The van der Waals surface area contributed by atoms with Crippen LogP contribution in [-0.4, -0.2) is 26.4 Å². The molecule has 0 unspecified atom stereocenters. The van der Waals surface area contributed by atoms with Crippen molar-refractivity contribution < 1.29 is 0 Å². The fraction of sp³-hybridized carbons (Fsp3) is 0.174. The second kappa shape index (κ2) is 11.4. The highest BCUT2D eigenvalue weighted by Crippen LogP contribution is 2.30. The average molecular weight is 594 g/mol. The molecule has 0 N–H and O–H groups in total. The van der Waals surface area contributed by atoms with Gasteiger partial charge in [-0.2, -0.15) is 0 Å². The van der Waals surface area contributed by atoms with Gasteiger partial charge in [-0.3, -0.25) is 9.20 Å². The van der Waals surface area contributed by atoms with Gasteiger partial charge in [-0.1, -0.05) is 91.1 Å². The van der Waals surface area contributed by atoms with E-state index < -0.39 is 0 Å². The van der Waals surface area contributed by atoms with Crippen molar-refractivity contribution in [2.24, 2.45) is 0 Å². The summed E-state index contributed by atoms with van der Waals surface area (Å²) in [6.45, 7) is 9.22. The van der Waals surface area contributed by atoms with Gasteiger partial charge in [0.05, 0.1) is 17.6 Å². The zero-order chi connectivity index (χ0) is 22.3. The van der Waals surface area contributed by atoms with Gasteiger partial charge in [0, 0.05) is 21.5 Å². The molecule has 0 bridgehead atoms. The molecule has 0 amide bonds. The molecule has 0 spiro atoms. The van der Waals surface area contributed by atoms with Crippen LogP contribution >= 0.6 is 47.8 Å². The molecular weight excluding hydrogens is 574 g/mol. The number of nitrogens with zero attached hydrogens (tertiary/aromatic N) is 3. The van der Waals surface area contributed by atoms with Gasteiger partial charge in [0.1, 0.15) is 5.65 Å². The maximum Gasteiger partial charge on any atom is 0.264 e. The van der Waals surface area contributed by atoms with Gasteiger partial charge < -0.3 is 0 Å². The Bertz CT molecular complexity index is 1370. The van der Waals surface area contributed by atoms with E-state index in [0.717, 1.165) is 27.0 Å². The Hall–Kier alpha value is -2.01. The second-order valence-corrected chi connectivity index (χ2v) is 6.96. The number of aromatic nitrogens is 2. The number of halogens is 3. The van der Waals surface area contributed by atoms with E-state index in [1.807, 2.05) is 55.0 Å². The molecule has 0 atom stereocenters. The lowest BCUT2D eigenvalue weighted by atomic mass is 10.0. The third-order valence-electron chi connectivity index (χ3n) is 4.35. The summed E-state index contributed by atoms with van der Waals surface area (Å²) in [6, 6.07) is 17.0. The largest absolute Gasteiger partial charge is 0.268 e. The lowest BCUT2D eigenvalue weighted by Gasteiger charge is -2.06. The van der Waals surface area contributed by atoms with Crippen LogP contribution in [-0.2, 0) is 0 Å². The molecule has 0 saturated heterocycles. The molecule has 0 aliphatic heterocycles. The van der Waals surface area contributed by atoms with E-state index in [9.17, 15) is 4.79 Å². The summed E-state index contributed by atoms with van der Waals surface area (Å²) < 4.78 is 1.63. The maximum absolute atomic E-state index is 13.0. The molecule has 5 aromatic rings. The van der Waals surface area contributed by atoms with Crippen LogP contribution in [0.5, 0.6) is 0 Å². The van der Waals surface area contributed by atoms with Gasteiger partial charge in [-0.25, -0.2) is 9.83 Å². The first-order chi connectivity index (χ1) is 14.7. The smallest absolute Gasteiger partial charge is 0.264 e. The Kier molecular flexibility index (Phi) is 9.22. The summed E-state index contributed by atoms with van der Waals surface area (Å²) >= 11 is 9.02. The van der Waals surface area contributed by atoms with Crippen LogP contribution in [0.25, 0.3) is 43.1 Å². The van der Waals surface area contributed by atoms with Crippen molar-refractivity contribution in [3.05, 3.63) is 76.4 Å². The van der Waals surface area contributed by atoms with Gasteiger partial charge in [0.25, 0.3) is 5.56 Å². The molecule has 2 aromatic heterocycles. The minimum absolute atomic E-state index is 0.0890. The number of alkyl halides is 3. The van der Waals surface area contributed by atoms with Gasteiger partial charge in [-0.05, 0) is 35.3 Å². The molecule has 154 valence electrons. The zero-order valence-electron chi connectivity index (χ0n) is 16.8. The fourth-order valence-electron chi connectivity index (χ4n) is 3.35. The normalized spacial score (nSPS) is 9.90. The van der Waals surface area contributed by atoms with Crippen LogP contribution in [0.2, 0.25) is 0 Å². The number of imidazole rings is 1. The van der Waals surface area contributed by atoms with Gasteiger partial charge in [-0.15, -0.1) is 0 Å². The molecule has 3 aromatic carbocycles. The van der Waals surface area contributed by atoms with Crippen LogP contribution in [0.1, 0.15) is 6.92 Å². The van der Waals surface area contributed by atoms with Crippen molar-refractivity contribution in [1.82, 2.24) is 9.38 Å². The van der Waals surface area contributed by atoms with Crippen LogP contribution in [0.15, 0.2) is 59.4 Å². The maximum atomic E-state index is 13.0. The molecule has 2 heterocycles. The van der Waals surface area contributed by atoms with Crippen molar-refractivity contribution in [3.8, 4) is 0 Å². The Balaban J connectivity index is 0.000000414. The van der Waals surface area contributed by atoms with E-state index in [-0.39, 0.29) is 5.56 Å². The van der Waals surface area contributed by atoms with E-state index in [0.29, 0.717) is 22.2 Å². The molecule has 0 radical (unpaired) electrons. The molecule has 0 aliphatic carbocycles. The van der Waals surface area contributed by atoms with Crippen LogP contribution in [0, 0.1) is 6.57 Å². The lowest BCUT2D eigenvalue weighted by molar-refractivity contribution is 1.19. The van der Waals surface area contributed by atoms with E-state index in [2.05, 4.69) is 57.6 Å². The van der Waals surface area contributed by atoms with Crippen molar-refractivity contribution in [1.29, 1.82) is 0 Å². The zero-order valence-corrected chi connectivity index (χ0v) is 21.5. The number of hydrogen-bond acceptors (Lipinski definition) is 2. The molecule has 30 heavy (non-hydrogen) atoms. The SMILES string of the molecule is CBr.CBr.CCBr.[C-]#[N+]c1ccc2nc3c4cccc5cccc(c(=O)n3c2c1)c54. The van der Waals surface area contributed by atoms with Crippen molar-refractivity contribution >= 4 is 91.7 Å². The van der Waals surface area contributed by atoms with Crippen molar-refractivity contribution in [2.45, 2.75) is 6.92 Å². The summed E-state index contributed by atoms with van der Waals surface area (Å²) in [6.07, 6.45) is 0. The Morgan fingerprint density at radius 3 is 2.20 bits per heavy atom. The van der Waals surface area contributed by atoms with Crippen LogP contribution in [0.4, 0.5) is 5.69 Å². The first kappa shape index (κ1) is 24.3. The van der Waals surface area contributed by atoms with Gasteiger partial charge in [0.2, 0.25) is 0 Å². The average Bonchev–Trinajstić information content (AvgIpc) is 3.19. The standard InChI is InChI=1S/C19H9N3O.C2H5Br.2CH3Br/c1-20-12-8-9-15-16(10-12)22-18(21-15)13-6-2-4-11-5-3-7-14(17(11)13)19(22)23;1-2-3;2*1-2/h2-10H;2H2,1H3;2*1H3. The Morgan fingerprint density at radius 1 is 1.00 bits per heavy atom. The monoisotopic (exact) mass is 591 g/mol. The summed E-state index contributed by atoms with van der Waals surface area (Å²) in [4.78, 5) is 21.1. The van der Waals surface area contributed by atoms with Crippen LogP contribution < -0.4 is 5.56 Å². The fourth-order valence-corrected chi connectivity index (χ4v) is 3.35. The minimum atomic E-state index is -0.0890. The summed E-state index contributed by atoms with van der Waals surface area (Å²) in [5.41, 5.74) is 2.48. The highest BCUT2D eigenvalue weighted by atomic mass is 79.9. The van der Waals surface area contributed by atoms with E-state index in [1.54, 1.807) is 22.6 Å². The summed E-state index contributed by atoms with van der Waals surface area (Å²) in [5.74, 6) is 3.62. The van der Waals surface area contributed by atoms with E-state index in [4.69, 9.17) is 6.57 Å². The quantitative estimate of drug-likeness (QED) is 0.137. The number of rotatable bonds is 0. The summed E-state index contributed by atoms with van der Waals surface area (Å²) in [5, 5.41) is 4.69. The predicted molar refractivity (Wildman–Crippen MR) is 141 cm³/mol. The van der Waals surface area contributed by atoms with Crippen molar-refractivity contribution in [2.75, 3.05) is 17.0 Å². The second-order valence-electron chi connectivity index (χ2n) is 5.84. The molecule has 5 rings (SSSR count). The van der Waals surface area contributed by atoms with Gasteiger partial charge >= 0.3 is 0 Å². The number of hydrogen-bond donors (Lipinski definition) is 0. The van der Waals surface area contributed by atoms with E-state index in [1.165, 1.54) is 0 Å². The number of pyridine rings is 1. The topological polar surface area (TPSA) is 38.7 Å². The number of fused-ring (bicyclic) bond motifs is 4. The van der Waals surface area contributed by atoms with Crippen LogP contribution in [0.3, 0.4) is 0 Å². The Morgan fingerprint density at radius 2 is 1.60 bits per heavy atom. The predicted octanol–water partition coefficient (Wildman–Crippen LogP) is 7.57. The van der Waals surface area contributed by atoms with Crippen molar-refractivity contribution in [3.63, 3.8) is 0 Å². The molecule has 7 heteroatoms. The highest BCUT2D eigenvalue weighted by molar-refractivity contribution is 9.09. The molecule has 0 saturated carbocycles. The minimum Gasteiger partial charge on any atom is -0.268 e. The molecule has 0 aliphatic rings. The third-order valence-corrected chi connectivity index (χ3v) is 4.35. The Labute approximate surface area is 200 Å². The lowest BCUT2D eigenvalue weighted by Crippen LogP contribution is -2.13. The highest BCUT2D eigenvalue weighted by Gasteiger charge is 2.15. The summed E-state index contributed by atoms with van der Waals surface area (Å²) in [7, 11) is 0. The molecule has 0 fully saturated rings. The molecule has 4 nitrogen and oxygen atoms in total. The number of benzene rings is 3. The first-order valence-electron chi connectivity index (χ1n) is 8.98. The first-order valence-corrected chi connectivity index (χ1v) is 13.3. The van der Waals surface area contributed by atoms with E-state index >= 15 is 0 Å². The third kappa shape index (κ3) is 4.36. The van der Waals surface area contributed by atoms with Gasteiger partial charge in [0.15, 0.2) is 5.69 Å². The molecular formula is C23H20Br3N3O.